The van der Waals surface area contributed by atoms with E-state index in [1.165, 1.54) is 33.4 Å². The molecule has 5 aromatic rings. The molecule has 2 aliphatic carbocycles. The summed E-state index contributed by atoms with van der Waals surface area (Å²) in [4.78, 5) is 0. The topological polar surface area (TPSA) is 0 Å². The normalized spacial score (nSPS) is 15.6. The Hall–Kier alpha value is -2.70. The first-order valence-electron chi connectivity index (χ1n) is 13.0. The molecule has 0 nitrogen and oxygen atoms in total. The Morgan fingerprint density at radius 2 is 0.895 bits per heavy atom. The first-order valence-corrected chi connectivity index (χ1v) is 20.7. The maximum absolute atomic E-state index is 4.40. The van der Waals surface area contributed by atoms with Gasteiger partial charge >= 0.3 is 216 Å². The summed E-state index contributed by atoms with van der Waals surface area (Å²) in [6.07, 6.45) is 4.94. The molecule has 0 fully saturated rings. The summed E-state index contributed by atoms with van der Waals surface area (Å²) >= 11 is -4.40. The largest absolute Gasteiger partial charge is 1.00 e. The summed E-state index contributed by atoms with van der Waals surface area (Å²) in [5.74, 6) is 0. The average Bonchev–Trinajstić information content (AvgIpc) is 3.55. The van der Waals surface area contributed by atoms with Crippen molar-refractivity contribution in [2.45, 2.75) is 11.9 Å². The van der Waals surface area contributed by atoms with Gasteiger partial charge in [-0.1, -0.05) is 0 Å². The van der Waals surface area contributed by atoms with E-state index in [2.05, 4.69) is 150 Å². The minimum atomic E-state index is -4.40. The molecule has 0 saturated carbocycles. The van der Waals surface area contributed by atoms with Crippen LogP contribution in [0.2, 0.25) is 4.63 Å². The Kier molecular flexibility index (Phi) is 7.16. The van der Waals surface area contributed by atoms with Crippen molar-refractivity contribution in [3.8, 4) is 11.1 Å². The van der Waals surface area contributed by atoms with Gasteiger partial charge in [0.1, 0.15) is 0 Å². The van der Waals surface area contributed by atoms with Gasteiger partial charge in [0.25, 0.3) is 0 Å². The predicted octanol–water partition coefficient (Wildman–Crippen LogP) is 1.92. The molecule has 0 aliphatic heterocycles. The average molecular weight is 612 g/mol. The van der Waals surface area contributed by atoms with E-state index in [9.17, 15) is 0 Å². The van der Waals surface area contributed by atoms with Gasteiger partial charge in [-0.2, -0.15) is 0 Å². The molecule has 1 unspecified atom stereocenters. The second kappa shape index (κ2) is 10.1. The van der Waals surface area contributed by atoms with Gasteiger partial charge in [-0.15, -0.1) is 0 Å². The van der Waals surface area contributed by atoms with Crippen LogP contribution in [0.25, 0.3) is 17.2 Å². The standard InChI is InChI=1S/C13H9.C9H7.2C6H5.CH3.2ClH.Zr/c1-3-7-12-10(5-1)9-11-6-2-4-8-13(11)12;1-2-5-9-7-3-6-8(9)4-1;2*1-2-4-6-5-3-1;;;;/h1-9H;1-7H;2*1-5H;1H3;2*1H;/q;;;;;;;+2/p-2. The molecule has 0 N–H and O–H groups in total. The Labute approximate surface area is 239 Å². The fourth-order valence-electron chi connectivity index (χ4n) is 7.66. The molecule has 0 amide bonds. The van der Waals surface area contributed by atoms with Crippen LogP contribution < -0.4 is 31.4 Å². The molecule has 0 bridgehead atoms. The van der Waals surface area contributed by atoms with E-state index in [-0.39, 0.29) is 24.8 Å². The van der Waals surface area contributed by atoms with Crippen molar-refractivity contribution in [2.24, 2.45) is 0 Å². The molecule has 0 spiro atoms. The number of hydrogen-bond donors (Lipinski definition) is 0. The van der Waals surface area contributed by atoms with Gasteiger partial charge in [0.05, 0.1) is 0 Å². The molecular weight excluding hydrogens is 583 g/mol. The van der Waals surface area contributed by atoms with E-state index in [0.717, 1.165) is 0 Å². The van der Waals surface area contributed by atoms with Gasteiger partial charge in [0, 0.05) is 0 Å². The van der Waals surface area contributed by atoms with Crippen LogP contribution in [0.4, 0.5) is 0 Å². The van der Waals surface area contributed by atoms with Crippen molar-refractivity contribution in [3.63, 3.8) is 0 Å². The summed E-state index contributed by atoms with van der Waals surface area (Å²) in [6, 6.07) is 50.6. The molecule has 5 aromatic carbocycles. The molecule has 0 saturated heterocycles. The van der Waals surface area contributed by atoms with E-state index in [1.807, 2.05) is 0 Å². The van der Waals surface area contributed by atoms with Gasteiger partial charge in [-0.05, 0) is 0 Å². The minimum absolute atomic E-state index is 0. The number of benzene rings is 5. The smallest absolute Gasteiger partial charge is 1.00 e. The van der Waals surface area contributed by atoms with Gasteiger partial charge in [-0.3, -0.25) is 0 Å². The minimum Gasteiger partial charge on any atom is -1.00 e. The third-order valence-corrected chi connectivity index (χ3v) is 28.8. The number of rotatable bonds is 4. The quantitative estimate of drug-likeness (QED) is 0.292. The maximum Gasteiger partial charge on any atom is -1.00 e. The van der Waals surface area contributed by atoms with Gasteiger partial charge < -0.3 is 24.8 Å². The van der Waals surface area contributed by atoms with E-state index in [1.54, 1.807) is 6.54 Å². The van der Waals surface area contributed by atoms with Crippen LogP contribution in [0, 0.1) is 0 Å². The van der Waals surface area contributed by atoms with Crippen molar-refractivity contribution in [2.75, 3.05) is 0 Å². The zero-order chi connectivity index (χ0) is 24.2. The Balaban J connectivity index is 0.00000147. The zero-order valence-electron chi connectivity index (χ0n) is 21.3. The van der Waals surface area contributed by atoms with Crippen molar-refractivity contribution in [1.29, 1.82) is 0 Å². The van der Waals surface area contributed by atoms with Crippen LogP contribution in [0.1, 0.15) is 29.5 Å². The summed E-state index contributed by atoms with van der Waals surface area (Å²) in [6.45, 7) is 0. The van der Waals surface area contributed by atoms with Crippen LogP contribution in [-0.4, -0.2) is 0 Å². The second-order valence-corrected chi connectivity index (χ2v) is 26.1. The van der Waals surface area contributed by atoms with Crippen LogP contribution >= 0.6 is 0 Å². The monoisotopic (exact) mass is 609 g/mol. The summed E-state index contributed by atoms with van der Waals surface area (Å²) in [7, 11) is 0. The second-order valence-electron chi connectivity index (χ2n) is 10.8. The Bertz CT molecular complexity index is 1540. The molecule has 7 rings (SSSR count). The van der Waals surface area contributed by atoms with Crippen molar-refractivity contribution >= 4 is 12.6 Å². The van der Waals surface area contributed by atoms with Crippen LogP contribution in [-0.2, 0) is 18.8 Å². The molecule has 187 valence electrons. The summed E-state index contributed by atoms with van der Waals surface area (Å²) in [5, 5.41) is 0. The number of halogens is 2. The van der Waals surface area contributed by atoms with E-state index >= 15 is 0 Å². The van der Waals surface area contributed by atoms with Gasteiger partial charge in [0.2, 0.25) is 0 Å². The Morgan fingerprint density at radius 3 is 1.42 bits per heavy atom. The van der Waals surface area contributed by atoms with Crippen LogP contribution in [0.15, 0.2) is 140 Å². The fourth-order valence-corrected chi connectivity index (χ4v) is 27.3. The fraction of sp³-hybridized carbons (Fsp3) is 0.0857. The molecule has 2 aliphatic rings. The molecule has 38 heavy (non-hydrogen) atoms. The number of hydrogen-bond acceptors (Lipinski definition) is 0. The first kappa shape index (κ1) is 26.9. The van der Waals surface area contributed by atoms with E-state index in [4.69, 9.17) is 0 Å². The predicted molar refractivity (Wildman–Crippen MR) is 150 cm³/mol. The van der Waals surface area contributed by atoms with Gasteiger partial charge in [0.15, 0.2) is 0 Å². The zero-order valence-corrected chi connectivity index (χ0v) is 25.2. The van der Waals surface area contributed by atoms with Crippen molar-refractivity contribution < 1.29 is 43.6 Å². The van der Waals surface area contributed by atoms with E-state index < -0.39 is 18.8 Å². The molecule has 1 atom stereocenters. The molecule has 3 heteroatoms. The van der Waals surface area contributed by atoms with Gasteiger partial charge in [-0.25, -0.2) is 0 Å². The molecule has 0 radical (unpaired) electrons. The van der Waals surface area contributed by atoms with Crippen molar-refractivity contribution in [1.82, 2.24) is 0 Å². The number of fused-ring (bicyclic) bond motifs is 4. The van der Waals surface area contributed by atoms with E-state index in [0.29, 0.717) is 7.25 Å². The molecular formula is C35H29Cl2Zr. The van der Waals surface area contributed by atoms with Crippen LogP contribution in [0.3, 0.4) is 0 Å². The Morgan fingerprint density at radius 1 is 0.474 bits per heavy atom. The summed E-state index contributed by atoms with van der Waals surface area (Å²) < 4.78 is 6.54. The summed E-state index contributed by atoms with van der Waals surface area (Å²) in [5.41, 5.74) is 8.66. The first-order chi connectivity index (χ1) is 17.7. The third-order valence-electron chi connectivity index (χ3n) is 9.26. The third kappa shape index (κ3) is 3.52. The number of allylic oxidation sites excluding steroid dienone is 1. The SMILES string of the molecule is [CH3][Zr+2]([c]1ccccc1)([c]1ccccc1)([CH]1C=Cc2ccccc21)[CH]1c2ccccc2-c2ccccc21.[Cl-].[Cl-]. The van der Waals surface area contributed by atoms with Crippen LogP contribution in [0.5, 0.6) is 0 Å². The molecule has 0 heterocycles. The maximum atomic E-state index is 2.74. The van der Waals surface area contributed by atoms with Crippen molar-refractivity contribution in [3.05, 3.63) is 162 Å². The molecule has 0 aromatic heterocycles.